The van der Waals surface area contributed by atoms with Gasteiger partial charge in [0, 0.05) is 6.04 Å². The van der Waals surface area contributed by atoms with Gasteiger partial charge in [-0.15, -0.1) is 0 Å². The van der Waals surface area contributed by atoms with E-state index in [2.05, 4.69) is 26.1 Å². The van der Waals surface area contributed by atoms with Gasteiger partial charge in [-0.05, 0) is 44.1 Å². The molecule has 14 heavy (non-hydrogen) atoms. The standard InChI is InChI=1S/C12H25NO/c1-9(2)10(3)8-13-11-4-6-12(14)7-5-11/h9-14H,4-8H2,1-3H3. The zero-order chi connectivity index (χ0) is 10.6. The summed E-state index contributed by atoms with van der Waals surface area (Å²) in [7, 11) is 0. The lowest BCUT2D eigenvalue weighted by atomic mass is 9.92. The fourth-order valence-electron chi connectivity index (χ4n) is 1.87. The highest BCUT2D eigenvalue weighted by molar-refractivity contribution is 4.77. The third-order valence-corrected chi connectivity index (χ3v) is 3.56. The molecule has 0 aliphatic heterocycles. The van der Waals surface area contributed by atoms with E-state index in [9.17, 15) is 5.11 Å². The van der Waals surface area contributed by atoms with Gasteiger partial charge in [0.15, 0.2) is 0 Å². The van der Waals surface area contributed by atoms with E-state index in [-0.39, 0.29) is 6.10 Å². The normalized spacial score (nSPS) is 30.6. The summed E-state index contributed by atoms with van der Waals surface area (Å²) in [6.07, 6.45) is 4.22. The molecule has 1 aliphatic rings. The van der Waals surface area contributed by atoms with E-state index in [1.54, 1.807) is 0 Å². The summed E-state index contributed by atoms with van der Waals surface area (Å²) in [5.41, 5.74) is 0. The summed E-state index contributed by atoms with van der Waals surface area (Å²) in [5, 5.41) is 13.0. The van der Waals surface area contributed by atoms with E-state index in [1.165, 1.54) is 0 Å². The molecule has 1 fully saturated rings. The molecule has 84 valence electrons. The van der Waals surface area contributed by atoms with Crippen LogP contribution in [0.1, 0.15) is 46.5 Å². The predicted molar refractivity (Wildman–Crippen MR) is 60.3 cm³/mol. The van der Waals surface area contributed by atoms with Gasteiger partial charge in [-0.2, -0.15) is 0 Å². The van der Waals surface area contributed by atoms with E-state index >= 15 is 0 Å². The minimum absolute atomic E-state index is 0.0319. The van der Waals surface area contributed by atoms with E-state index in [4.69, 9.17) is 0 Å². The summed E-state index contributed by atoms with van der Waals surface area (Å²) in [4.78, 5) is 0. The van der Waals surface area contributed by atoms with Crippen molar-refractivity contribution >= 4 is 0 Å². The van der Waals surface area contributed by atoms with Gasteiger partial charge in [0.05, 0.1) is 6.10 Å². The number of hydrogen-bond donors (Lipinski definition) is 2. The second kappa shape index (κ2) is 5.72. The third-order valence-electron chi connectivity index (χ3n) is 3.56. The molecule has 1 rings (SSSR count). The lowest BCUT2D eigenvalue weighted by Gasteiger charge is -2.28. The second-order valence-electron chi connectivity index (χ2n) is 5.13. The summed E-state index contributed by atoms with van der Waals surface area (Å²) in [6, 6.07) is 0.652. The van der Waals surface area contributed by atoms with Crippen molar-refractivity contribution in [2.45, 2.75) is 58.6 Å². The fraction of sp³-hybridized carbons (Fsp3) is 1.00. The van der Waals surface area contributed by atoms with Crippen LogP contribution in [0, 0.1) is 11.8 Å². The Morgan fingerprint density at radius 3 is 2.21 bits per heavy atom. The lowest BCUT2D eigenvalue weighted by Crippen LogP contribution is -2.37. The highest BCUT2D eigenvalue weighted by Crippen LogP contribution is 2.19. The molecule has 0 saturated heterocycles. The van der Waals surface area contributed by atoms with Gasteiger partial charge < -0.3 is 10.4 Å². The summed E-state index contributed by atoms with van der Waals surface area (Å²) < 4.78 is 0. The monoisotopic (exact) mass is 199 g/mol. The van der Waals surface area contributed by atoms with Crippen molar-refractivity contribution in [2.75, 3.05) is 6.54 Å². The van der Waals surface area contributed by atoms with E-state index in [0.717, 1.165) is 44.1 Å². The topological polar surface area (TPSA) is 32.3 Å². The molecule has 2 nitrogen and oxygen atoms in total. The first-order chi connectivity index (χ1) is 6.59. The van der Waals surface area contributed by atoms with Crippen LogP contribution in [0.5, 0.6) is 0 Å². The van der Waals surface area contributed by atoms with Crippen molar-refractivity contribution in [2.24, 2.45) is 11.8 Å². The van der Waals surface area contributed by atoms with E-state index < -0.39 is 0 Å². The molecule has 0 bridgehead atoms. The first-order valence-electron chi connectivity index (χ1n) is 6.01. The van der Waals surface area contributed by atoms with Crippen molar-refractivity contribution < 1.29 is 5.11 Å². The summed E-state index contributed by atoms with van der Waals surface area (Å²) in [5.74, 6) is 1.51. The van der Waals surface area contributed by atoms with Crippen LogP contribution >= 0.6 is 0 Å². The first-order valence-corrected chi connectivity index (χ1v) is 6.01. The molecule has 0 radical (unpaired) electrons. The first kappa shape index (κ1) is 12.0. The molecule has 1 atom stereocenters. The van der Waals surface area contributed by atoms with Crippen LogP contribution in [0.25, 0.3) is 0 Å². The Morgan fingerprint density at radius 1 is 1.14 bits per heavy atom. The molecule has 1 saturated carbocycles. The van der Waals surface area contributed by atoms with Crippen LogP contribution in [0.15, 0.2) is 0 Å². The van der Waals surface area contributed by atoms with Gasteiger partial charge in [0.1, 0.15) is 0 Å². The van der Waals surface area contributed by atoms with Gasteiger partial charge in [-0.25, -0.2) is 0 Å². The van der Waals surface area contributed by atoms with E-state index in [1.807, 2.05) is 0 Å². The summed E-state index contributed by atoms with van der Waals surface area (Å²) in [6.45, 7) is 7.97. The molecule has 0 aromatic carbocycles. The average Bonchev–Trinajstić information content (AvgIpc) is 2.16. The molecule has 0 heterocycles. The fourth-order valence-corrected chi connectivity index (χ4v) is 1.87. The maximum Gasteiger partial charge on any atom is 0.0541 e. The van der Waals surface area contributed by atoms with E-state index in [0.29, 0.717) is 6.04 Å². The number of nitrogens with one attached hydrogen (secondary N) is 1. The van der Waals surface area contributed by atoms with Gasteiger partial charge in [0.2, 0.25) is 0 Å². The second-order valence-corrected chi connectivity index (χ2v) is 5.13. The Morgan fingerprint density at radius 2 is 1.71 bits per heavy atom. The Kier molecular flexibility index (Phi) is 4.90. The van der Waals surface area contributed by atoms with Crippen molar-refractivity contribution in [3.05, 3.63) is 0 Å². The maximum absolute atomic E-state index is 9.36. The molecular formula is C12H25NO. The third kappa shape index (κ3) is 3.97. The van der Waals surface area contributed by atoms with Gasteiger partial charge >= 0.3 is 0 Å². The number of hydrogen-bond acceptors (Lipinski definition) is 2. The largest absolute Gasteiger partial charge is 0.393 e. The molecular weight excluding hydrogens is 174 g/mol. The smallest absolute Gasteiger partial charge is 0.0541 e. The lowest BCUT2D eigenvalue weighted by molar-refractivity contribution is 0.115. The summed E-state index contributed by atoms with van der Waals surface area (Å²) >= 11 is 0. The van der Waals surface area contributed by atoms with Crippen LogP contribution in [0.4, 0.5) is 0 Å². The number of rotatable bonds is 4. The van der Waals surface area contributed by atoms with Crippen molar-refractivity contribution in [3.63, 3.8) is 0 Å². The predicted octanol–water partition coefficient (Wildman–Crippen LogP) is 2.17. The number of aliphatic hydroxyl groups is 1. The van der Waals surface area contributed by atoms with Crippen molar-refractivity contribution in [3.8, 4) is 0 Å². The van der Waals surface area contributed by atoms with Crippen molar-refractivity contribution in [1.82, 2.24) is 5.32 Å². The van der Waals surface area contributed by atoms with Crippen molar-refractivity contribution in [1.29, 1.82) is 0 Å². The SMILES string of the molecule is CC(C)C(C)CNC1CCC(O)CC1. The molecule has 0 aromatic heterocycles. The van der Waals surface area contributed by atoms with Gasteiger partial charge in [-0.3, -0.25) is 0 Å². The molecule has 1 aliphatic carbocycles. The maximum atomic E-state index is 9.36. The zero-order valence-corrected chi connectivity index (χ0v) is 9.79. The molecule has 2 heteroatoms. The Bertz CT molecular complexity index is 150. The van der Waals surface area contributed by atoms with Crippen LogP contribution in [-0.2, 0) is 0 Å². The molecule has 0 aromatic rings. The number of aliphatic hydroxyl groups excluding tert-OH is 1. The Hall–Kier alpha value is -0.0800. The Balaban J connectivity index is 2.13. The van der Waals surface area contributed by atoms with Crippen LogP contribution in [0.2, 0.25) is 0 Å². The minimum atomic E-state index is -0.0319. The highest BCUT2D eigenvalue weighted by Gasteiger charge is 2.19. The van der Waals surface area contributed by atoms with Gasteiger partial charge in [0.25, 0.3) is 0 Å². The van der Waals surface area contributed by atoms with Gasteiger partial charge in [-0.1, -0.05) is 20.8 Å². The van der Waals surface area contributed by atoms with Crippen LogP contribution in [0.3, 0.4) is 0 Å². The van der Waals surface area contributed by atoms with Crippen LogP contribution in [-0.4, -0.2) is 23.8 Å². The highest BCUT2D eigenvalue weighted by atomic mass is 16.3. The molecule has 0 amide bonds. The Labute approximate surface area is 88.1 Å². The average molecular weight is 199 g/mol. The molecule has 0 spiro atoms. The molecule has 1 unspecified atom stereocenters. The van der Waals surface area contributed by atoms with Crippen LogP contribution < -0.4 is 5.32 Å². The zero-order valence-electron chi connectivity index (χ0n) is 9.79. The quantitative estimate of drug-likeness (QED) is 0.727. The minimum Gasteiger partial charge on any atom is -0.393 e. The molecule has 2 N–H and O–H groups in total.